The van der Waals surface area contributed by atoms with Gasteiger partial charge in [0.2, 0.25) is 5.16 Å². The van der Waals surface area contributed by atoms with E-state index in [2.05, 4.69) is 25.5 Å². The number of halogens is 2. The lowest BCUT2D eigenvalue weighted by Gasteiger charge is -2.08. The second-order valence-electron chi connectivity index (χ2n) is 5.13. The summed E-state index contributed by atoms with van der Waals surface area (Å²) in [6, 6.07) is 9.98. The molecule has 0 spiro atoms. The molecule has 4 aromatic rings. The van der Waals surface area contributed by atoms with Crippen LogP contribution in [0.1, 0.15) is 0 Å². The number of methoxy groups -OCH3 is 1. The Bertz CT molecular complexity index is 1090. The molecular weight excluding hydrogens is 379 g/mol. The number of benzene rings is 2. The van der Waals surface area contributed by atoms with Crippen LogP contribution >= 0.6 is 23.4 Å². The first-order valence-corrected chi connectivity index (χ1v) is 8.55. The van der Waals surface area contributed by atoms with Gasteiger partial charge in [0.1, 0.15) is 11.4 Å². The molecule has 0 aliphatic rings. The summed E-state index contributed by atoms with van der Waals surface area (Å²) in [6.45, 7) is 0. The molecule has 0 saturated heterocycles. The van der Waals surface area contributed by atoms with Gasteiger partial charge < -0.3 is 4.74 Å². The van der Waals surface area contributed by atoms with Crippen LogP contribution in [0.2, 0.25) is 5.02 Å². The number of hydrogen-bond acceptors (Lipinski definition) is 7. The molecule has 0 radical (unpaired) electrons. The van der Waals surface area contributed by atoms with Gasteiger partial charge in [-0.25, -0.2) is 14.4 Å². The Morgan fingerprint density at radius 2 is 1.96 bits per heavy atom. The zero-order valence-electron chi connectivity index (χ0n) is 13.3. The molecule has 0 aliphatic heterocycles. The van der Waals surface area contributed by atoms with Crippen molar-refractivity contribution < 1.29 is 9.13 Å². The average Bonchev–Trinajstić information content (AvgIpc) is 3.10. The van der Waals surface area contributed by atoms with Gasteiger partial charge in [0.25, 0.3) is 0 Å². The van der Waals surface area contributed by atoms with Crippen molar-refractivity contribution in [2.45, 2.75) is 10.2 Å². The maximum absolute atomic E-state index is 13.9. The first-order valence-electron chi connectivity index (χ1n) is 7.36. The summed E-state index contributed by atoms with van der Waals surface area (Å²) in [4.78, 5) is 8.38. The van der Waals surface area contributed by atoms with Gasteiger partial charge in [-0.15, -0.1) is 5.10 Å². The van der Waals surface area contributed by atoms with Gasteiger partial charge in [0.15, 0.2) is 11.6 Å². The maximum Gasteiger partial charge on any atom is 0.220 e. The Morgan fingerprint density at radius 1 is 1.15 bits per heavy atom. The van der Waals surface area contributed by atoms with Gasteiger partial charge >= 0.3 is 0 Å². The average molecular weight is 389 g/mol. The van der Waals surface area contributed by atoms with Crippen LogP contribution in [0.15, 0.2) is 52.9 Å². The minimum absolute atomic E-state index is 0.117. The van der Waals surface area contributed by atoms with Crippen molar-refractivity contribution in [1.82, 2.24) is 30.2 Å². The Kier molecular flexibility index (Phi) is 4.39. The van der Waals surface area contributed by atoms with Crippen LogP contribution in [-0.2, 0) is 0 Å². The Balaban J connectivity index is 1.77. The molecule has 0 saturated carbocycles. The molecule has 2 heterocycles. The van der Waals surface area contributed by atoms with Gasteiger partial charge in [-0.05, 0) is 52.5 Å². The smallest absolute Gasteiger partial charge is 0.220 e. The van der Waals surface area contributed by atoms with Crippen molar-refractivity contribution in [3.8, 4) is 11.4 Å². The van der Waals surface area contributed by atoms with Crippen LogP contribution in [0.25, 0.3) is 16.6 Å². The topological polar surface area (TPSA) is 78.6 Å². The predicted octanol–water partition coefficient (Wildman–Crippen LogP) is 3.56. The predicted molar refractivity (Wildman–Crippen MR) is 94.3 cm³/mol. The first-order chi connectivity index (χ1) is 12.7. The summed E-state index contributed by atoms with van der Waals surface area (Å²) in [5.41, 5.74) is 1.22. The fraction of sp³-hybridized carbons (Fsp3) is 0.0625. The fourth-order valence-electron chi connectivity index (χ4n) is 2.35. The number of rotatable bonds is 4. The SMILES string of the molecule is COc1cc2c(Sc3nnnn3-c3ccc(Cl)cc3)ncnc2cc1F. The van der Waals surface area contributed by atoms with Crippen LogP contribution in [0.4, 0.5) is 4.39 Å². The van der Waals surface area contributed by atoms with Gasteiger partial charge in [0.05, 0.1) is 18.3 Å². The highest BCUT2D eigenvalue weighted by molar-refractivity contribution is 7.99. The summed E-state index contributed by atoms with van der Waals surface area (Å²) < 4.78 is 20.5. The first kappa shape index (κ1) is 16.7. The van der Waals surface area contributed by atoms with Gasteiger partial charge in [-0.2, -0.15) is 4.68 Å². The quantitative estimate of drug-likeness (QED) is 0.494. The highest BCUT2D eigenvalue weighted by Gasteiger charge is 2.15. The number of aromatic nitrogens is 6. The fourth-order valence-corrected chi connectivity index (χ4v) is 3.32. The summed E-state index contributed by atoms with van der Waals surface area (Å²) in [5.74, 6) is -0.368. The van der Waals surface area contributed by atoms with Crippen molar-refractivity contribution in [2.75, 3.05) is 7.11 Å². The molecule has 130 valence electrons. The van der Waals surface area contributed by atoms with Gasteiger partial charge in [-0.1, -0.05) is 11.6 Å². The second-order valence-corrected chi connectivity index (χ2v) is 6.53. The molecule has 26 heavy (non-hydrogen) atoms. The van der Waals surface area contributed by atoms with E-state index in [9.17, 15) is 4.39 Å². The highest BCUT2D eigenvalue weighted by atomic mass is 35.5. The van der Waals surface area contributed by atoms with Crippen molar-refractivity contribution in [2.24, 2.45) is 0 Å². The lowest BCUT2D eigenvalue weighted by molar-refractivity contribution is 0.387. The van der Waals surface area contributed by atoms with Crippen molar-refractivity contribution in [3.05, 3.63) is 53.6 Å². The van der Waals surface area contributed by atoms with E-state index < -0.39 is 5.82 Å². The third-order valence-electron chi connectivity index (χ3n) is 3.57. The molecule has 0 N–H and O–H groups in total. The van der Waals surface area contributed by atoms with Crippen LogP contribution in [0, 0.1) is 5.82 Å². The highest BCUT2D eigenvalue weighted by Crippen LogP contribution is 2.33. The maximum atomic E-state index is 13.9. The number of fused-ring (bicyclic) bond motifs is 1. The zero-order valence-corrected chi connectivity index (χ0v) is 14.9. The summed E-state index contributed by atoms with van der Waals surface area (Å²) in [5, 5.41) is 14.1. The molecule has 0 unspecified atom stereocenters. The van der Waals surface area contributed by atoms with Crippen LogP contribution in [0.3, 0.4) is 0 Å². The number of ether oxygens (including phenoxy) is 1. The molecule has 0 bridgehead atoms. The molecule has 2 aromatic heterocycles. The van der Waals surface area contributed by atoms with E-state index in [0.717, 1.165) is 5.69 Å². The molecule has 7 nitrogen and oxygen atoms in total. The van der Waals surface area contributed by atoms with Crippen LogP contribution in [-0.4, -0.2) is 37.3 Å². The van der Waals surface area contributed by atoms with Crippen LogP contribution in [0.5, 0.6) is 5.75 Å². The van der Waals surface area contributed by atoms with Crippen molar-refractivity contribution in [3.63, 3.8) is 0 Å². The normalized spacial score (nSPS) is 11.0. The number of hydrogen-bond donors (Lipinski definition) is 0. The largest absolute Gasteiger partial charge is 0.494 e. The molecule has 2 aromatic carbocycles. The van der Waals surface area contributed by atoms with Gasteiger partial charge in [-0.3, -0.25) is 0 Å². The number of tetrazole rings is 1. The summed E-state index contributed by atoms with van der Waals surface area (Å²) in [6.07, 6.45) is 1.37. The third kappa shape index (κ3) is 3.06. The summed E-state index contributed by atoms with van der Waals surface area (Å²) in [7, 11) is 1.40. The minimum Gasteiger partial charge on any atom is -0.494 e. The Morgan fingerprint density at radius 3 is 2.73 bits per heavy atom. The van der Waals surface area contributed by atoms with Crippen molar-refractivity contribution >= 4 is 34.3 Å². The Hall–Kier alpha value is -2.78. The van der Waals surface area contributed by atoms with E-state index in [0.29, 0.717) is 26.1 Å². The van der Waals surface area contributed by atoms with E-state index in [1.54, 1.807) is 35.0 Å². The molecule has 4 rings (SSSR count). The molecule has 0 amide bonds. The van der Waals surface area contributed by atoms with E-state index in [1.165, 1.54) is 31.3 Å². The molecule has 0 fully saturated rings. The molecule has 0 aliphatic carbocycles. The van der Waals surface area contributed by atoms with Gasteiger partial charge in [0, 0.05) is 16.5 Å². The van der Waals surface area contributed by atoms with E-state index in [-0.39, 0.29) is 5.75 Å². The monoisotopic (exact) mass is 388 g/mol. The zero-order chi connectivity index (χ0) is 18.1. The minimum atomic E-state index is -0.486. The molecule has 10 heteroatoms. The number of nitrogens with zero attached hydrogens (tertiary/aromatic N) is 6. The standard InChI is InChI=1S/C16H10ClFN6OS/c1-25-14-6-11-13(7-12(14)18)19-8-20-15(11)26-16-21-22-23-24(16)10-4-2-9(17)3-5-10/h2-8H,1H3. The summed E-state index contributed by atoms with van der Waals surface area (Å²) >= 11 is 7.16. The van der Waals surface area contributed by atoms with Crippen molar-refractivity contribution in [1.29, 1.82) is 0 Å². The van der Waals surface area contributed by atoms with E-state index in [4.69, 9.17) is 16.3 Å². The second kappa shape index (κ2) is 6.85. The molecule has 0 atom stereocenters. The van der Waals surface area contributed by atoms with E-state index >= 15 is 0 Å². The van der Waals surface area contributed by atoms with Crippen LogP contribution < -0.4 is 4.74 Å². The Labute approximate surface area is 156 Å². The third-order valence-corrected chi connectivity index (χ3v) is 4.78. The lowest BCUT2D eigenvalue weighted by atomic mass is 10.2. The van der Waals surface area contributed by atoms with E-state index in [1.807, 2.05) is 0 Å². The molecular formula is C16H10ClFN6OS. The lowest BCUT2D eigenvalue weighted by Crippen LogP contribution is -1.99.